The van der Waals surface area contributed by atoms with Crippen molar-refractivity contribution in [1.29, 1.82) is 0 Å². The maximum absolute atomic E-state index is 5.66. The van der Waals surface area contributed by atoms with Gasteiger partial charge in [-0.15, -0.1) is 11.3 Å². The summed E-state index contributed by atoms with van der Waals surface area (Å²) in [4.78, 5) is 1.21. The first-order valence-corrected chi connectivity index (χ1v) is 7.15. The number of benzene rings is 1. The minimum atomic E-state index is 0.0669. The zero-order valence-corrected chi connectivity index (χ0v) is 12.0. The second-order valence-corrected chi connectivity index (χ2v) is 6.33. The molecule has 2 aromatic rings. The SMILES string of the molecule is CCc1ccc(C(NN)c2ccc(Br)s2)cc1. The van der Waals surface area contributed by atoms with E-state index < -0.39 is 0 Å². The number of hydrazine groups is 1. The van der Waals surface area contributed by atoms with E-state index in [1.54, 1.807) is 11.3 Å². The molecule has 0 aliphatic carbocycles. The average molecular weight is 311 g/mol. The lowest BCUT2D eigenvalue weighted by atomic mass is 10.0. The van der Waals surface area contributed by atoms with E-state index in [0.29, 0.717) is 0 Å². The molecule has 2 rings (SSSR count). The number of hydrogen-bond donors (Lipinski definition) is 2. The number of halogens is 1. The van der Waals surface area contributed by atoms with Crippen molar-refractivity contribution in [2.75, 3.05) is 0 Å². The summed E-state index contributed by atoms with van der Waals surface area (Å²) in [6.45, 7) is 2.16. The quantitative estimate of drug-likeness (QED) is 0.668. The molecular weight excluding hydrogens is 296 g/mol. The van der Waals surface area contributed by atoms with Gasteiger partial charge in [0.1, 0.15) is 0 Å². The second-order valence-electron chi connectivity index (χ2n) is 3.84. The van der Waals surface area contributed by atoms with E-state index in [0.717, 1.165) is 10.2 Å². The van der Waals surface area contributed by atoms with E-state index in [9.17, 15) is 0 Å². The van der Waals surface area contributed by atoms with Crippen LogP contribution in [0.5, 0.6) is 0 Å². The highest BCUT2D eigenvalue weighted by Crippen LogP contribution is 2.30. The molecule has 1 unspecified atom stereocenters. The van der Waals surface area contributed by atoms with Crippen molar-refractivity contribution in [3.8, 4) is 0 Å². The monoisotopic (exact) mass is 310 g/mol. The molecule has 1 heterocycles. The molecular formula is C13H15BrN2S. The van der Waals surface area contributed by atoms with E-state index in [-0.39, 0.29) is 6.04 Å². The highest BCUT2D eigenvalue weighted by Gasteiger charge is 2.14. The summed E-state index contributed by atoms with van der Waals surface area (Å²) < 4.78 is 1.12. The molecule has 1 atom stereocenters. The number of nitrogens with one attached hydrogen (secondary N) is 1. The van der Waals surface area contributed by atoms with Crippen molar-refractivity contribution < 1.29 is 0 Å². The van der Waals surface area contributed by atoms with E-state index >= 15 is 0 Å². The molecule has 3 N–H and O–H groups in total. The molecule has 0 saturated carbocycles. The van der Waals surface area contributed by atoms with Crippen LogP contribution in [0.1, 0.15) is 29.0 Å². The number of thiophene rings is 1. The molecule has 0 aliphatic rings. The second kappa shape index (κ2) is 5.78. The molecule has 0 radical (unpaired) electrons. The van der Waals surface area contributed by atoms with Crippen LogP contribution in [0.25, 0.3) is 0 Å². The van der Waals surface area contributed by atoms with Crippen LogP contribution in [0.2, 0.25) is 0 Å². The fourth-order valence-corrected chi connectivity index (χ4v) is 3.28. The first-order chi connectivity index (χ1) is 8.24. The summed E-state index contributed by atoms with van der Waals surface area (Å²) in [6, 6.07) is 12.8. The van der Waals surface area contributed by atoms with Crippen molar-refractivity contribution >= 4 is 27.3 Å². The fourth-order valence-electron chi connectivity index (χ4n) is 1.77. The van der Waals surface area contributed by atoms with Gasteiger partial charge in [0.25, 0.3) is 0 Å². The Morgan fingerprint density at radius 2 is 1.94 bits per heavy atom. The molecule has 0 bridgehead atoms. The summed E-state index contributed by atoms with van der Waals surface area (Å²) >= 11 is 5.17. The van der Waals surface area contributed by atoms with Gasteiger partial charge >= 0.3 is 0 Å². The van der Waals surface area contributed by atoms with Gasteiger partial charge in [0, 0.05) is 4.88 Å². The zero-order valence-electron chi connectivity index (χ0n) is 9.61. The highest BCUT2D eigenvalue weighted by atomic mass is 79.9. The Bertz CT molecular complexity index is 478. The molecule has 1 aromatic carbocycles. The lowest BCUT2D eigenvalue weighted by molar-refractivity contribution is 0.646. The summed E-state index contributed by atoms with van der Waals surface area (Å²) in [5.41, 5.74) is 5.41. The first-order valence-electron chi connectivity index (χ1n) is 5.54. The minimum absolute atomic E-state index is 0.0669. The van der Waals surface area contributed by atoms with Crippen LogP contribution in [-0.4, -0.2) is 0 Å². The summed E-state index contributed by atoms with van der Waals surface area (Å²) in [5, 5.41) is 0. The third kappa shape index (κ3) is 2.96. The predicted octanol–water partition coefficient (Wildman–Crippen LogP) is 3.63. The summed E-state index contributed by atoms with van der Waals surface area (Å²) in [5.74, 6) is 5.66. The molecule has 0 amide bonds. The van der Waals surface area contributed by atoms with Crippen LogP contribution in [0, 0.1) is 0 Å². The topological polar surface area (TPSA) is 38.0 Å². The molecule has 1 aromatic heterocycles. The van der Waals surface area contributed by atoms with Crippen LogP contribution >= 0.6 is 27.3 Å². The molecule has 4 heteroatoms. The van der Waals surface area contributed by atoms with E-state index in [1.807, 2.05) is 6.07 Å². The Morgan fingerprint density at radius 3 is 2.41 bits per heavy atom. The Balaban J connectivity index is 2.28. The van der Waals surface area contributed by atoms with E-state index in [4.69, 9.17) is 5.84 Å². The Hall–Kier alpha value is -0.680. The molecule has 0 spiro atoms. The molecule has 0 saturated heterocycles. The van der Waals surface area contributed by atoms with Gasteiger partial charge in [-0.2, -0.15) is 0 Å². The maximum atomic E-state index is 5.66. The third-order valence-electron chi connectivity index (χ3n) is 2.77. The molecule has 17 heavy (non-hydrogen) atoms. The predicted molar refractivity (Wildman–Crippen MR) is 77.0 cm³/mol. The number of rotatable bonds is 4. The average Bonchev–Trinajstić information content (AvgIpc) is 2.78. The Morgan fingerprint density at radius 1 is 1.24 bits per heavy atom. The summed E-state index contributed by atoms with van der Waals surface area (Å²) in [7, 11) is 0. The summed E-state index contributed by atoms with van der Waals surface area (Å²) in [6.07, 6.45) is 1.06. The standard InChI is InChI=1S/C13H15BrN2S/c1-2-9-3-5-10(6-4-9)13(16-15)11-7-8-12(14)17-11/h3-8,13,16H,2,15H2,1H3. The van der Waals surface area contributed by atoms with Gasteiger partial charge in [0.15, 0.2) is 0 Å². The largest absolute Gasteiger partial charge is 0.271 e. The van der Waals surface area contributed by atoms with Gasteiger partial charge < -0.3 is 0 Å². The van der Waals surface area contributed by atoms with Gasteiger partial charge in [-0.05, 0) is 45.6 Å². The van der Waals surface area contributed by atoms with Crippen LogP contribution in [-0.2, 0) is 6.42 Å². The van der Waals surface area contributed by atoms with E-state index in [1.165, 1.54) is 16.0 Å². The van der Waals surface area contributed by atoms with Crippen LogP contribution in [0.15, 0.2) is 40.2 Å². The molecule has 2 nitrogen and oxygen atoms in total. The van der Waals surface area contributed by atoms with Gasteiger partial charge in [0.2, 0.25) is 0 Å². The van der Waals surface area contributed by atoms with Crippen molar-refractivity contribution in [1.82, 2.24) is 5.43 Å². The van der Waals surface area contributed by atoms with Crippen molar-refractivity contribution in [3.05, 3.63) is 56.2 Å². The van der Waals surface area contributed by atoms with Gasteiger partial charge in [-0.3, -0.25) is 5.84 Å². The minimum Gasteiger partial charge on any atom is -0.271 e. The van der Waals surface area contributed by atoms with Crippen LogP contribution < -0.4 is 11.3 Å². The smallest absolute Gasteiger partial charge is 0.0802 e. The van der Waals surface area contributed by atoms with Crippen molar-refractivity contribution in [3.63, 3.8) is 0 Å². The lowest BCUT2D eigenvalue weighted by Crippen LogP contribution is -2.28. The van der Waals surface area contributed by atoms with Crippen molar-refractivity contribution in [2.24, 2.45) is 5.84 Å². The normalized spacial score (nSPS) is 12.6. The molecule has 0 fully saturated rings. The Kier molecular flexibility index (Phi) is 4.34. The molecule has 0 aliphatic heterocycles. The van der Waals surface area contributed by atoms with Gasteiger partial charge in [0.05, 0.1) is 9.83 Å². The van der Waals surface area contributed by atoms with Crippen molar-refractivity contribution in [2.45, 2.75) is 19.4 Å². The lowest BCUT2D eigenvalue weighted by Gasteiger charge is -2.15. The Labute approximate surface area is 114 Å². The first kappa shape index (κ1) is 12.8. The highest BCUT2D eigenvalue weighted by molar-refractivity contribution is 9.11. The van der Waals surface area contributed by atoms with Gasteiger partial charge in [-0.1, -0.05) is 31.2 Å². The van der Waals surface area contributed by atoms with E-state index in [2.05, 4.69) is 58.6 Å². The van der Waals surface area contributed by atoms with Gasteiger partial charge in [-0.25, -0.2) is 5.43 Å². The zero-order chi connectivity index (χ0) is 12.3. The maximum Gasteiger partial charge on any atom is 0.0802 e. The van der Waals surface area contributed by atoms with Crippen LogP contribution in [0.4, 0.5) is 0 Å². The number of hydrogen-bond acceptors (Lipinski definition) is 3. The third-order valence-corrected chi connectivity index (χ3v) is 4.45. The van der Waals surface area contributed by atoms with Crippen LogP contribution in [0.3, 0.4) is 0 Å². The number of aryl methyl sites for hydroxylation is 1. The number of nitrogens with two attached hydrogens (primary N) is 1. The fraction of sp³-hybridized carbons (Fsp3) is 0.231. The molecule has 90 valence electrons.